The minimum absolute atomic E-state index is 0.677. The highest BCUT2D eigenvalue weighted by Gasteiger charge is 2.17. The highest BCUT2D eigenvalue weighted by Crippen LogP contribution is 2.31. The first kappa shape index (κ1) is 12.2. The molecule has 0 aliphatic heterocycles. The third-order valence-corrected chi connectivity index (χ3v) is 3.09. The van der Waals surface area contributed by atoms with E-state index < -0.39 is 0 Å². The van der Waals surface area contributed by atoms with E-state index in [2.05, 4.69) is 43.0 Å². The molecule has 90 valence electrons. The lowest BCUT2D eigenvalue weighted by molar-refractivity contribution is 0.799. The van der Waals surface area contributed by atoms with Crippen LogP contribution in [0, 0.1) is 5.92 Å². The minimum Gasteiger partial charge on any atom is -0.258 e. The Bertz CT molecular complexity index is 451. The minimum atomic E-state index is 0.677. The molecule has 3 rings (SSSR count). The molecule has 2 aromatic heterocycles. The van der Waals surface area contributed by atoms with Crippen LogP contribution in [0.5, 0.6) is 0 Å². The molecule has 1 N–H and O–H groups in total. The average Bonchev–Trinajstić information content (AvgIpc) is 3.03. The predicted octanol–water partition coefficient (Wildman–Crippen LogP) is 3.44. The second kappa shape index (κ2) is 5.91. The van der Waals surface area contributed by atoms with Crippen LogP contribution in [0.15, 0.2) is 29.1 Å². The average molecular weight is 295 g/mol. The molecule has 0 amide bonds. The Morgan fingerprint density at radius 1 is 1.41 bits per heavy atom. The van der Waals surface area contributed by atoms with Gasteiger partial charge < -0.3 is 0 Å². The van der Waals surface area contributed by atoms with Gasteiger partial charge in [0.1, 0.15) is 16.6 Å². The quantitative estimate of drug-likeness (QED) is 0.863. The zero-order chi connectivity index (χ0) is 12.1. The van der Waals surface area contributed by atoms with Crippen LogP contribution >= 0.6 is 15.9 Å². The molecule has 1 saturated carbocycles. The molecule has 2 heterocycles. The number of hydrogen-bond acceptors (Lipinski definition) is 3. The molecule has 1 aliphatic carbocycles. The molecule has 2 aromatic rings. The van der Waals surface area contributed by atoms with Crippen LogP contribution in [-0.4, -0.2) is 20.2 Å². The van der Waals surface area contributed by atoms with Gasteiger partial charge in [0.25, 0.3) is 0 Å². The first-order valence-electron chi connectivity index (χ1n) is 5.78. The first-order valence-corrected chi connectivity index (χ1v) is 6.57. The summed E-state index contributed by atoms with van der Waals surface area (Å²) in [5.74, 6) is 1.81. The zero-order valence-electron chi connectivity index (χ0n) is 9.73. The van der Waals surface area contributed by atoms with E-state index in [-0.39, 0.29) is 0 Å². The summed E-state index contributed by atoms with van der Waals surface area (Å²) in [6.07, 6.45) is 5.89. The molecular weight excluding hydrogens is 280 g/mol. The number of aromatic nitrogens is 4. The number of H-pyrrole nitrogens is 1. The van der Waals surface area contributed by atoms with Crippen LogP contribution in [0.3, 0.4) is 0 Å². The van der Waals surface area contributed by atoms with Gasteiger partial charge in [-0.15, -0.1) is 0 Å². The number of nitrogens with zero attached hydrogens (tertiary/aromatic N) is 3. The van der Waals surface area contributed by atoms with E-state index in [1.807, 2.05) is 18.2 Å². The third-order valence-electron chi connectivity index (χ3n) is 2.65. The number of rotatable bonds is 2. The number of hydrogen-bond donors (Lipinski definition) is 1. The largest absolute Gasteiger partial charge is 0.258 e. The second-order valence-electron chi connectivity index (χ2n) is 4.03. The number of nitrogens with one attached hydrogen (secondary N) is 1. The molecule has 0 saturated heterocycles. The molecule has 1 fully saturated rings. The normalized spacial score (nSPS) is 14.0. The van der Waals surface area contributed by atoms with E-state index in [9.17, 15) is 0 Å². The van der Waals surface area contributed by atoms with Gasteiger partial charge in [-0.3, -0.25) is 5.10 Å². The summed E-state index contributed by atoms with van der Waals surface area (Å²) in [5.41, 5.74) is 0.780. The Kier molecular flexibility index (Phi) is 4.25. The molecule has 0 spiro atoms. The van der Waals surface area contributed by atoms with Gasteiger partial charge >= 0.3 is 0 Å². The van der Waals surface area contributed by atoms with E-state index >= 15 is 0 Å². The molecule has 0 bridgehead atoms. The Hall–Kier alpha value is -1.23. The fourth-order valence-electron chi connectivity index (χ4n) is 1.40. The lowest BCUT2D eigenvalue weighted by atomic mass is 10.3. The summed E-state index contributed by atoms with van der Waals surface area (Å²) in [6.45, 7) is 2.26. The monoisotopic (exact) mass is 294 g/mol. The Balaban J connectivity index is 0.000000181. The lowest BCUT2D eigenvalue weighted by Crippen LogP contribution is -1.85. The van der Waals surface area contributed by atoms with E-state index in [0.717, 1.165) is 16.2 Å². The van der Waals surface area contributed by atoms with E-state index in [0.29, 0.717) is 5.82 Å². The summed E-state index contributed by atoms with van der Waals surface area (Å²) in [7, 11) is 0. The van der Waals surface area contributed by atoms with Crippen molar-refractivity contribution >= 4 is 15.9 Å². The predicted molar refractivity (Wildman–Crippen MR) is 70.3 cm³/mol. The highest BCUT2D eigenvalue weighted by atomic mass is 79.9. The van der Waals surface area contributed by atoms with Gasteiger partial charge in [-0.1, -0.05) is 32.3 Å². The lowest BCUT2D eigenvalue weighted by Gasteiger charge is -1.94. The maximum absolute atomic E-state index is 4.20. The summed E-state index contributed by atoms with van der Waals surface area (Å²) >= 11 is 3.27. The zero-order valence-corrected chi connectivity index (χ0v) is 11.3. The van der Waals surface area contributed by atoms with Crippen LogP contribution in [0.1, 0.15) is 26.2 Å². The van der Waals surface area contributed by atoms with Crippen molar-refractivity contribution in [1.82, 2.24) is 20.2 Å². The second-order valence-corrected chi connectivity index (χ2v) is 4.84. The molecule has 0 radical (unpaired) electrons. The maximum atomic E-state index is 4.20. The highest BCUT2D eigenvalue weighted by molar-refractivity contribution is 9.10. The van der Waals surface area contributed by atoms with Crippen molar-refractivity contribution in [2.75, 3.05) is 0 Å². The molecule has 0 unspecified atom stereocenters. The van der Waals surface area contributed by atoms with Gasteiger partial charge in [-0.2, -0.15) is 5.10 Å². The summed E-state index contributed by atoms with van der Waals surface area (Å²) in [5, 5.41) is 6.47. The molecular formula is C12H15BrN4. The van der Waals surface area contributed by atoms with Gasteiger partial charge in [0, 0.05) is 0 Å². The van der Waals surface area contributed by atoms with Gasteiger partial charge in [-0.25, -0.2) is 9.97 Å². The van der Waals surface area contributed by atoms with Crippen molar-refractivity contribution in [3.8, 4) is 11.5 Å². The Labute approximate surface area is 109 Å². The molecule has 17 heavy (non-hydrogen) atoms. The Morgan fingerprint density at radius 3 is 2.71 bits per heavy atom. The van der Waals surface area contributed by atoms with Crippen LogP contribution in [-0.2, 0) is 0 Å². The Morgan fingerprint density at radius 2 is 2.24 bits per heavy atom. The van der Waals surface area contributed by atoms with Crippen LogP contribution in [0.4, 0.5) is 0 Å². The van der Waals surface area contributed by atoms with Gasteiger partial charge in [0.2, 0.25) is 0 Å². The number of pyridine rings is 1. The molecule has 1 aliphatic rings. The van der Waals surface area contributed by atoms with E-state index in [1.165, 1.54) is 25.6 Å². The number of aromatic amines is 1. The first-order chi connectivity index (χ1) is 8.29. The summed E-state index contributed by atoms with van der Waals surface area (Å²) < 4.78 is 0.788. The molecule has 0 aromatic carbocycles. The molecule has 4 nitrogen and oxygen atoms in total. The van der Waals surface area contributed by atoms with Crippen molar-refractivity contribution < 1.29 is 0 Å². The number of halogens is 1. The summed E-state index contributed by atoms with van der Waals surface area (Å²) in [6, 6.07) is 5.63. The van der Waals surface area contributed by atoms with Crippen molar-refractivity contribution in [2.24, 2.45) is 5.92 Å². The topological polar surface area (TPSA) is 54.5 Å². The van der Waals surface area contributed by atoms with Crippen molar-refractivity contribution in [3.05, 3.63) is 29.1 Å². The van der Waals surface area contributed by atoms with Crippen molar-refractivity contribution in [1.29, 1.82) is 0 Å². The fraction of sp³-hybridized carbons (Fsp3) is 0.417. The van der Waals surface area contributed by atoms with Crippen LogP contribution in [0.2, 0.25) is 0 Å². The van der Waals surface area contributed by atoms with Crippen molar-refractivity contribution in [2.45, 2.75) is 26.2 Å². The fourth-order valence-corrected chi connectivity index (χ4v) is 1.74. The van der Waals surface area contributed by atoms with E-state index in [1.54, 1.807) is 0 Å². The summed E-state index contributed by atoms with van der Waals surface area (Å²) in [4.78, 5) is 8.18. The molecule has 5 heteroatoms. The SMILES string of the molecule is Brc1cccc(-c2ncn[nH]2)n1.CCC1CC1. The van der Waals surface area contributed by atoms with Gasteiger partial charge in [0.05, 0.1) is 0 Å². The molecule has 0 atom stereocenters. The van der Waals surface area contributed by atoms with Crippen LogP contribution < -0.4 is 0 Å². The third kappa shape index (κ3) is 3.93. The van der Waals surface area contributed by atoms with Crippen LogP contribution in [0.25, 0.3) is 11.5 Å². The maximum Gasteiger partial charge on any atom is 0.174 e. The standard InChI is InChI=1S/C7H5BrN4.C5H10/c8-6-3-1-2-5(11-6)7-9-4-10-12-7;1-2-5-3-4-5/h1-4H,(H,9,10,12);5H,2-4H2,1H3. The van der Waals surface area contributed by atoms with E-state index in [4.69, 9.17) is 0 Å². The smallest absolute Gasteiger partial charge is 0.174 e. The van der Waals surface area contributed by atoms with Crippen molar-refractivity contribution in [3.63, 3.8) is 0 Å². The van der Waals surface area contributed by atoms with Gasteiger partial charge in [-0.05, 0) is 34.0 Å². The van der Waals surface area contributed by atoms with Gasteiger partial charge in [0.15, 0.2) is 5.82 Å².